The average molecular weight is 450 g/mol. The number of pyridine rings is 1. The zero-order valence-electron chi connectivity index (χ0n) is 18.2. The predicted molar refractivity (Wildman–Crippen MR) is 127 cm³/mol. The van der Waals surface area contributed by atoms with E-state index < -0.39 is 0 Å². The summed E-state index contributed by atoms with van der Waals surface area (Å²) in [5, 5.41) is 3.98. The first-order valence-corrected chi connectivity index (χ1v) is 10.7. The number of rotatable bonds is 7. The van der Waals surface area contributed by atoms with Gasteiger partial charge in [0.15, 0.2) is 0 Å². The van der Waals surface area contributed by atoms with Crippen LogP contribution in [0.1, 0.15) is 23.8 Å². The van der Waals surface area contributed by atoms with E-state index in [0.29, 0.717) is 34.7 Å². The topological polar surface area (TPSA) is 72.3 Å². The van der Waals surface area contributed by atoms with E-state index in [2.05, 4.69) is 15.3 Å². The number of nitrogens with one attached hydrogen (secondary N) is 1. The van der Waals surface area contributed by atoms with Gasteiger partial charge in [-0.3, -0.25) is 9.78 Å². The van der Waals surface area contributed by atoms with Gasteiger partial charge in [-0.05, 0) is 48.9 Å². The lowest BCUT2D eigenvalue weighted by Crippen LogP contribution is -2.28. The van der Waals surface area contributed by atoms with Crippen molar-refractivity contribution in [2.45, 2.75) is 13.3 Å². The van der Waals surface area contributed by atoms with Crippen LogP contribution < -0.4 is 10.1 Å². The molecule has 0 spiro atoms. The molecule has 0 bridgehead atoms. The van der Waals surface area contributed by atoms with Crippen molar-refractivity contribution in [3.63, 3.8) is 0 Å². The Hall–Kier alpha value is -3.58. The summed E-state index contributed by atoms with van der Waals surface area (Å²) in [6.07, 6.45) is 2.47. The molecule has 164 valence electrons. The summed E-state index contributed by atoms with van der Waals surface area (Å²) in [5.41, 5.74) is 2.99. The predicted octanol–water partition coefficient (Wildman–Crippen LogP) is 5.64. The van der Waals surface area contributed by atoms with Gasteiger partial charge in [0.25, 0.3) is 5.91 Å². The summed E-state index contributed by atoms with van der Waals surface area (Å²) in [6, 6.07) is 16.5. The minimum absolute atomic E-state index is 0.129. The monoisotopic (exact) mass is 449 g/mol. The quantitative estimate of drug-likeness (QED) is 0.395. The van der Waals surface area contributed by atoms with E-state index >= 15 is 0 Å². The largest absolute Gasteiger partial charge is 0.457 e. The van der Waals surface area contributed by atoms with Crippen molar-refractivity contribution in [1.29, 1.82) is 0 Å². The molecule has 0 aliphatic carbocycles. The number of anilines is 2. The highest BCUT2D eigenvalue weighted by atomic mass is 35.5. The molecule has 2 aromatic heterocycles. The fourth-order valence-corrected chi connectivity index (χ4v) is 3.50. The molecule has 1 N–H and O–H groups in total. The SMILES string of the molecule is CCCN(C)C(=O)c1cc(Oc2ccc3c(c2)nc(Nc2ccc(Cl)cc2)n3C)ccn1. The van der Waals surface area contributed by atoms with Crippen LogP contribution in [0, 0.1) is 0 Å². The number of imidazole rings is 1. The fourth-order valence-electron chi connectivity index (χ4n) is 3.38. The molecule has 0 unspecified atom stereocenters. The van der Waals surface area contributed by atoms with E-state index in [1.54, 1.807) is 30.3 Å². The second-order valence-electron chi connectivity index (χ2n) is 7.48. The summed E-state index contributed by atoms with van der Waals surface area (Å²) >= 11 is 5.96. The highest BCUT2D eigenvalue weighted by molar-refractivity contribution is 6.30. The Morgan fingerprint density at radius 2 is 1.88 bits per heavy atom. The summed E-state index contributed by atoms with van der Waals surface area (Å²) in [4.78, 5) is 23.0. The molecule has 4 rings (SSSR count). The number of halogens is 1. The van der Waals surface area contributed by atoms with Crippen LogP contribution in [0.25, 0.3) is 11.0 Å². The van der Waals surface area contributed by atoms with Crippen LogP contribution in [0.4, 0.5) is 11.6 Å². The van der Waals surface area contributed by atoms with Crippen LogP contribution >= 0.6 is 11.6 Å². The van der Waals surface area contributed by atoms with Gasteiger partial charge < -0.3 is 19.5 Å². The smallest absolute Gasteiger partial charge is 0.272 e. The lowest BCUT2D eigenvalue weighted by atomic mass is 10.2. The van der Waals surface area contributed by atoms with Gasteiger partial charge >= 0.3 is 0 Å². The van der Waals surface area contributed by atoms with Crippen molar-refractivity contribution < 1.29 is 9.53 Å². The Morgan fingerprint density at radius 1 is 1.12 bits per heavy atom. The minimum atomic E-state index is -0.129. The van der Waals surface area contributed by atoms with E-state index in [1.165, 1.54) is 0 Å². The molecule has 0 saturated carbocycles. The van der Waals surface area contributed by atoms with Gasteiger partial charge in [0.05, 0.1) is 11.0 Å². The Kier molecular flexibility index (Phi) is 6.28. The van der Waals surface area contributed by atoms with Crippen molar-refractivity contribution >= 4 is 40.2 Å². The molecular weight excluding hydrogens is 426 g/mol. The number of benzene rings is 2. The van der Waals surface area contributed by atoms with Crippen LogP contribution in [-0.2, 0) is 7.05 Å². The van der Waals surface area contributed by atoms with E-state index in [1.807, 2.05) is 61.0 Å². The van der Waals surface area contributed by atoms with Crippen molar-refractivity contribution in [2.24, 2.45) is 7.05 Å². The second kappa shape index (κ2) is 9.28. The summed E-state index contributed by atoms with van der Waals surface area (Å²) in [7, 11) is 3.72. The maximum Gasteiger partial charge on any atom is 0.272 e. The first kappa shape index (κ1) is 21.6. The van der Waals surface area contributed by atoms with E-state index in [4.69, 9.17) is 16.3 Å². The van der Waals surface area contributed by atoms with E-state index in [9.17, 15) is 4.79 Å². The molecule has 0 radical (unpaired) electrons. The highest BCUT2D eigenvalue weighted by Gasteiger charge is 2.14. The van der Waals surface area contributed by atoms with E-state index in [-0.39, 0.29) is 5.91 Å². The molecule has 8 heteroatoms. The van der Waals surface area contributed by atoms with Gasteiger partial charge in [-0.2, -0.15) is 0 Å². The van der Waals surface area contributed by atoms with Crippen LogP contribution in [0.2, 0.25) is 5.02 Å². The third kappa shape index (κ3) is 4.68. The lowest BCUT2D eigenvalue weighted by molar-refractivity contribution is 0.0789. The molecule has 2 aromatic carbocycles. The molecule has 32 heavy (non-hydrogen) atoms. The number of amides is 1. The number of hydrogen-bond acceptors (Lipinski definition) is 5. The molecule has 1 amide bonds. The average Bonchev–Trinajstić information content (AvgIpc) is 3.09. The summed E-state index contributed by atoms with van der Waals surface area (Å²) < 4.78 is 7.98. The summed E-state index contributed by atoms with van der Waals surface area (Å²) in [6.45, 7) is 2.70. The molecule has 0 aliphatic heterocycles. The molecule has 0 aliphatic rings. The number of hydrogen-bond donors (Lipinski definition) is 1. The van der Waals surface area contributed by atoms with Gasteiger partial charge in [-0.1, -0.05) is 18.5 Å². The zero-order valence-corrected chi connectivity index (χ0v) is 18.9. The first-order chi connectivity index (χ1) is 15.4. The fraction of sp³-hybridized carbons (Fsp3) is 0.208. The number of carbonyl (C=O) groups is 1. The van der Waals surface area contributed by atoms with Crippen LogP contribution in [0.15, 0.2) is 60.8 Å². The molecule has 4 aromatic rings. The normalized spacial score (nSPS) is 10.9. The van der Waals surface area contributed by atoms with Crippen LogP contribution in [0.5, 0.6) is 11.5 Å². The third-order valence-corrected chi connectivity index (χ3v) is 5.30. The van der Waals surface area contributed by atoms with Crippen molar-refractivity contribution in [1.82, 2.24) is 19.4 Å². The zero-order chi connectivity index (χ0) is 22.7. The van der Waals surface area contributed by atoms with E-state index in [0.717, 1.165) is 23.1 Å². The van der Waals surface area contributed by atoms with Gasteiger partial charge in [0, 0.05) is 49.7 Å². The Labute approximate surface area is 191 Å². The Morgan fingerprint density at radius 3 is 2.62 bits per heavy atom. The molecule has 0 saturated heterocycles. The third-order valence-electron chi connectivity index (χ3n) is 5.04. The van der Waals surface area contributed by atoms with Crippen LogP contribution in [-0.4, -0.2) is 38.9 Å². The second-order valence-corrected chi connectivity index (χ2v) is 7.92. The van der Waals surface area contributed by atoms with Crippen molar-refractivity contribution in [3.05, 3.63) is 71.5 Å². The lowest BCUT2D eigenvalue weighted by Gasteiger charge is -2.15. The molecule has 7 nitrogen and oxygen atoms in total. The van der Waals surface area contributed by atoms with Gasteiger partial charge in [0.1, 0.15) is 17.2 Å². The maximum atomic E-state index is 12.5. The Bertz CT molecular complexity index is 1250. The highest BCUT2D eigenvalue weighted by Crippen LogP contribution is 2.28. The van der Waals surface area contributed by atoms with Crippen molar-refractivity contribution in [2.75, 3.05) is 18.9 Å². The van der Waals surface area contributed by atoms with Crippen LogP contribution in [0.3, 0.4) is 0 Å². The molecule has 0 fully saturated rings. The number of nitrogens with zero attached hydrogens (tertiary/aromatic N) is 4. The number of aromatic nitrogens is 3. The van der Waals surface area contributed by atoms with Gasteiger partial charge in [0.2, 0.25) is 5.95 Å². The summed E-state index contributed by atoms with van der Waals surface area (Å²) in [5.74, 6) is 1.74. The standard InChI is InChI=1S/C24H24ClN5O2/c1-4-13-29(2)23(31)21-15-19(11-12-26-21)32-18-9-10-22-20(14-18)28-24(30(22)3)27-17-7-5-16(25)6-8-17/h5-12,14-15H,4,13H2,1-3H3,(H,27,28). The number of fused-ring (bicyclic) bond motifs is 1. The van der Waals surface area contributed by atoms with Gasteiger partial charge in [-0.15, -0.1) is 0 Å². The number of ether oxygens (including phenoxy) is 1. The molecule has 2 heterocycles. The molecular formula is C24H24ClN5O2. The first-order valence-electron chi connectivity index (χ1n) is 10.3. The minimum Gasteiger partial charge on any atom is -0.457 e. The Balaban J connectivity index is 1.55. The maximum absolute atomic E-state index is 12.5. The number of carbonyl (C=O) groups excluding carboxylic acids is 1. The molecule has 0 atom stereocenters. The van der Waals surface area contributed by atoms with Crippen molar-refractivity contribution in [3.8, 4) is 11.5 Å². The van der Waals surface area contributed by atoms with Gasteiger partial charge in [-0.25, -0.2) is 4.98 Å². The number of aryl methyl sites for hydroxylation is 1.